The molecule has 1 saturated heterocycles. The first-order chi connectivity index (χ1) is 8.24. The normalized spacial score (nSPS) is 29.2. The standard InChI is InChI=1S/C13H24N2O2/c1-17-13(16)11-8-5-9-15(11)12(14)10-6-3-2-4-7-10/h10-12H,2-9,14H2,1H3. The van der Waals surface area contributed by atoms with E-state index in [1.165, 1.54) is 39.2 Å². The molecule has 2 N–H and O–H groups in total. The lowest BCUT2D eigenvalue weighted by molar-refractivity contribution is -0.147. The predicted octanol–water partition coefficient (Wildman–Crippen LogP) is 1.49. The van der Waals surface area contributed by atoms with Crippen molar-refractivity contribution in [1.82, 2.24) is 4.90 Å². The van der Waals surface area contributed by atoms with Gasteiger partial charge in [-0.2, -0.15) is 0 Å². The highest BCUT2D eigenvalue weighted by Crippen LogP contribution is 2.30. The van der Waals surface area contributed by atoms with Crippen LogP contribution in [0.1, 0.15) is 44.9 Å². The summed E-state index contributed by atoms with van der Waals surface area (Å²) in [5, 5.41) is 0. The van der Waals surface area contributed by atoms with E-state index in [9.17, 15) is 4.79 Å². The van der Waals surface area contributed by atoms with Gasteiger partial charge in [-0.05, 0) is 31.6 Å². The van der Waals surface area contributed by atoms with Crippen molar-refractivity contribution in [3.05, 3.63) is 0 Å². The molecule has 2 rings (SSSR count). The summed E-state index contributed by atoms with van der Waals surface area (Å²) in [4.78, 5) is 13.9. The third-order valence-corrected chi connectivity index (χ3v) is 4.28. The van der Waals surface area contributed by atoms with E-state index in [1.54, 1.807) is 0 Å². The van der Waals surface area contributed by atoms with Crippen LogP contribution in [0.15, 0.2) is 0 Å². The SMILES string of the molecule is COC(=O)C1CCCN1C(N)C1CCCCC1. The summed E-state index contributed by atoms with van der Waals surface area (Å²) in [6.45, 7) is 0.942. The number of hydrogen-bond donors (Lipinski definition) is 1. The Morgan fingerprint density at radius 2 is 1.94 bits per heavy atom. The fourth-order valence-corrected chi connectivity index (χ4v) is 3.28. The minimum absolute atomic E-state index is 0.0434. The third-order valence-electron chi connectivity index (χ3n) is 4.28. The largest absolute Gasteiger partial charge is 0.468 e. The van der Waals surface area contributed by atoms with Crippen molar-refractivity contribution in [1.29, 1.82) is 0 Å². The van der Waals surface area contributed by atoms with Crippen LogP contribution in [-0.4, -0.2) is 36.7 Å². The van der Waals surface area contributed by atoms with Crippen molar-refractivity contribution in [3.63, 3.8) is 0 Å². The molecular formula is C13H24N2O2. The monoisotopic (exact) mass is 240 g/mol. The van der Waals surface area contributed by atoms with Crippen LogP contribution in [-0.2, 0) is 9.53 Å². The van der Waals surface area contributed by atoms with Crippen molar-refractivity contribution in [2.45, 2.75) is 57.2 Å². The summed E-state index contributed by atoms with van der Waals surface area (Å²) in [5.74, 6) is 0.447. The molecule has 17 heavy (non-hydrogen) atoms. The molecule has 0 aromatic carbocycles. The Bertz CT molecular complexity index is 264. The van der Waals surface area contributed by atoms with Crippen LogP contribution in [0, 0.1) is 5.92 Å². The van der Waals surface area contributed by atoms with Crippen molar-refractivity contribution < 1.29 is 9.53 Å². The van der Waals surface area contributed by atoms with E-state index in [1.807, 2.05) is 0 Å². The summed E-state index contributed by atoms with van der Waals surface area (Å²) in [6, 6.07) is -0.100. The Kier molecular flexibility index (Phi) is 4.40. The van der Waals surface area contributed by atoms with Crippen LogP contribution >= 0.6 is 0 Å². The number of nitrogens with zero attached hydrogens (tertiary/aromatic N) is 1. The Morgan fingerprint density at radius 3 is 2.59 bits per heavy atom. The number of rotatable bonds is 3. The highest BCUT2D eigenvalue weighted by atomic mass is 16.5. The molecule has 1 saturated carbocycles. The van der Waals surface area contributed by atoms with E-state index in [0.29, 0.717) is 5.92 Å². The van der Waals surface area contributed by atoms with Gasteiger partial charge in [-0.3, -0.25) is 9.69 Å². The second-order valence-electron chi connectivity index (χ2n) is 5.31. The predicted molar refractivity (Wildman–Crippen MR) is 66.3 cm³/mol. The first-order valence-corrected chi connectivity index (χ1v) is 6.83. The van der Waals surface area contributed by atoms with Gasteiger partial charge in [0.05, 0.1) is 13.3 Å². The summed E-state index contributed by atoms with van der Waals surface area (Å²) >= 11 is 0. The average molecular weight is 240 g/mol. The second-order valence-corrected chi connectivity index (χ2v) is 5.31. The number of methoxy groups -OCH3 is 1. The Labute approximate surface area is 103 Å². The van der Waals surface area contributed by atoms with E-state index in [-0.39, 0.29) is 18.2 Å². The molecule has 0 aromatic rings. The number of nitrogens with two attached hydrogens (primary N) is 1. The fraction of sp³-hybridized carbons (Fsp3) is 0.923. The highest BCUT2D eigenvalue weighted by molar-refractivity contribution is 5.76. The van der Waals surface area contributed by atoms with Gasteiger partial charge in [0.15, 0.2) is 0 Å². The van der Waals surface area contributed by atoms with Crippen molar-refractivity contribution in [2.75, 3.05) is 13.7 Å². The number of carbonyl (C=O) groups excluding carboxylic acids is 1. The van der Waals surface area contributed by atoms with Crippen molar-refractivity contribution in [2.24, 2.45) is 11.7 Å². The van der Waals surface area contributed by atoms with Gasteiger partial charge in [-0.25, -0.2) is 0 Å². The first-order valence-electron chi connectivity index (χ1n) is 6.83. The molecule has 0 bridgehead atoms. The zero-order valence-electron chi connectivity index (χ0n) is 10.7. The topological polar surface area (TPSA) is 55.6 Å². The molecule has 0 amide bonds. The maximum absolute atomic E-state index is 11.7. The lowest BCUT2D eigenvalue weighted by Crippen LogP contribution is -2.52. The Balaban J connectivity index is 1.97. The van der Waals surface area contributed by atoms with Crippen LogP contribution < -0.4 is 5.73 Å². The molecule has 2 fully saturated rings. The molecule has 2 atom stereocenters. The third kappa shape index (κ3) is 2.80. The maximum Gasteiger partial charge on any atom is 0.323 e. The van der Waals surface area contributed by atoms with E-state index >= 15 is 0 Å². The van der Waals surface area contributed by atoms with Crippen LogP contribution in [0.5, 0.6) is 0 Å². The molecule has 1 aliphatic heterocycles. The van der Waals surface area contributed by atoms with Gasteiger partial charge in [0.25, 0.3) is 0 Å². The molecule has 2 unspecified atom stereocenters. The van der Waals surface area contributed by atoms with E-state index < -0.39 is 0 Å². The van der Waals surface area contributed by atoms with E-state index in [2.05, 4.69) is 4.90 Å². The average Bonchev–Trinajstić information content (AvgIpc) is 2.87. The molecule has 1 aliphatic carbocycles. The van der Waals surface area contributed by atoms with Gasteiger partial charge >= 0.3 is 5.97 Å². The van der Waals surface area contributed by atoms with Gasteiger partial charge in [-0.1, -0.05) is 19.3 Å². The fourth-order valence-electron chi connectivity index (χ4n) is 3.28. The molecule has 2 aliphatic rings. The number of ether oxygens (including phenoxy) is 1. The van der Waals surface area contributed by atoms with Crippen molar-refractivity contribution >= 4 is 5.97 Å². The van der Waals surface area contributed by atoms with Gasteiger partial charge in [-0.15, -0.1) is 0 Å². The van der Waals surface area contributed by atoms with Gasteiger partial charge in [0.2, 0.25) is 0 Å². The first kappa shape index (κ1) is 12.8. The lowest BCUT2D eigenvalue weighted by atomic mass is 9.86. The number of likely N-dealkylation sites (tertiary alicyclic amines) is 1. The van der Waals surface area contributed by atoms with E-state index in [0.717, 1.165) is 19.4 Å². The number of esters is 1. The zero-order chi connectivity index (χ0) is 12.3. The minimum Gasteiger partial charge on any atom is -0.468 e. The van der Waals surface area contributed by atoms with Crippen LogP contribution in [0.2, 0.25) is 0 Å². The van der Waals surface area contributed by atoms with Gasteiger partial charge in [0, 0.05) is 6.54 Å². The van der Waals surface area contributed by atoms with Crippen LogP contribution in [0.25, 0.3) is 0 Å². The molecule has 98 valence electrons. The summed E-state index contributed by atoms with van der Waals surface area (Å²) in [6.07, 6.45) is 8.33. The minimum atomic E-state index is -0.117. The Morgan fingerprint density at radius 1 is 1.24 bits per heavy atom. The van der Waals surface area contributed by atoms with Gasteiger partial charge in [0.1, 0.15) is 6.04 Å². The summed E-state index contributed by atoms with van der Waals surface area (Å²) in [7, 11) is 1.46. The quantitative estimate of drug-likeness (QED) is 0.759. The second kappa shape index (κ2) is 5.83. The molecule has 4 nitrogen and oxygen atoms in total. The molecule has 1 heterocycles. The molecule has 0 aromatic heterocycles. The molecule has 4 heteroatoms. The summed E-state index contributed by atoms with van der Waals surface area (Å²) in [5.41, 5.74) is 6.35. The molecule has 0 radical (unpaired) electrons. The Hall–Kier alpha value is -0.610. The maximum atomic E-state index is 11.7. The van der Waals surface area contributed by atoms with Gasteiger partial charge < -0.3 is 10.5 Å². The molecule has 0 spiro atoms. The van der Waals surface area contributed by atoms with E-state index in [4.69, 9.17) is 10.5 Å². The van der Waals surface area contributed by atoms with Crippen LogP contribution in [0.3, 0.4) is 0 Å². The lowest BCUT2D eigenvalue weighted by Gasteiger charge is -2.36. The highest BCUT2D eigenvalue weighted by Gasteiger charge is 2.37. The molecular weight excluding hydrogens is 216 g/mol. The smallest absolute Gasteiger partial charge is 0.323 e. The number of carbonyl (C=O) groups is 1. The van der Waals surface area contributed by atoms with Crippen molar-refractivity contribution in [3.8, 4) is 0 Å². The summed E-state index contributed by atoms with van der Waals surface area (Å²) < 4.78 is 4.87. The number of hydrogen-bond acceptors (Lipinski definition) is 4. The van der Waals surface area contributed by atoms with Crippen LogP contribution in [0.4, 0.5) is 0 Å². The zero-order valence-corrected chi connectivity index (χ0v) is 10.7.